The summed E-state index contributed by atoms with van der Waals surface area (Å²) in [6, 6.07) is 6.76. The minimum Gasteiger partial charge on any atom is -0.472 e. The van der Waals surface area contributed by atoms with E-state index in [0.717, 1.165) is 0 Å². The zero-order valence-corrected chi connectivity index (χ0v) is 13.1. The molecule has 0 aliphatic carbocycles. The minimum atomic E-state index is -0.275. The lowest BCUT2D eigenvalue weighted by Crippen LogP contribution is -2.52. The summed E-state index contributed by atoms with van der Waals surface area (Å²) in [6.45, 7) is 0.964. The van der Waals surface area contributed by atoms with Gasteiger partial charge in [0.1, 0.15) is 6.10 Å². The summed E-state index contributed by atoms with van der Waals surface area (Å²) in [5.74, 6) is 0.253. The minimum absolute atomic E-state index is 0.205. The molecule has 0 saturated carbocycles. The summed E-state index contributed by atoms with van der Waals surface area (Å²) in [5.41, 5.74) is 0.379. The third-order valence-corrected chi connectivity index (χ3v) is 3.84. The van der Waals surface area contributed by atoms with Gasteiger partial charge in [0.25, 0.3) is 5.91 Å². The topological polar surface area (TPSA) is 73.3 Å². The molecular formula is C16H16ClN3O3. The number of rotatable bonds is 4. The number of pyridine rings is 2. The number of nitrogens with zero attached hydrogens (tertiary/aromatic N) is 2. The molecule has 2 aromatic rings. The maximum atomic E-state index is 12.4. The SMILES string of the molecule is O=C(N[C@@H]1COCC[C@H]1Oc1ccccn1)c1ccncc1Cl. The number of ether oxygens (including phenoxy) is 2. The molecule has 2 aromatic heterocycles. The van der Waals surface area contributed by atoms with Crippen molar-refractivity contribution >= 4 is 17.5 Å². The van der Waals surface area contributed by atoms with Crippen molar-refractivity contribution in [1.82, 2.24) is 15.3 Å². The Morgan fingerprint density at radius 1 is 1.35 bits per heavy atom. The van der Waals surface area contributed by atoms with Gasteiger partial charge in [-0.25, -0.2) is 4.98 Å². The Hall–Kier alpha value is -2.18. The van der Waals surface area contributed by atoms with Crippen LogP contribution in [0.2, 0.25) is 5.02 Å². The maximum Gasteiger partial charge on any atom is 0.253 e. The smallest absolute Gasteiger partial charge is 0.253 e. The molecular weight excluding hydrogens is 318 g/mol. The molecule has 7 heteroatoms. The van der Waals surface area contributed by atoms with Crippen molar-refractivity contribution in [2.75, 3.05) is 13.2 Å². The summed E-state index contributed by atoms with van der Waals surface area (Å²) in [6.07, 6.45) is 5.10. The summed E-state index contributed by atoms with van der Waals surface area (Å²) < 4.78 is 11.3. The molecule has 1 aliphatic rings. The van der Waals surface area contributed by atoms with Crippen molar-refractivity contribution in [2.45, 2.75) is 18.6 Å². The van der Waals surface area contributed by atoms with Crippen molar-refractivity contribution in [3.8, 4) is 5.88 Å². The van der Waals surface area contributed by atoms with Crippen LogP contribution in [-0.4, -0.2) is 41.2 Å². The van der Waals surface area contributed by atoms with Gasteiger partial charge in [-0.2, -0.15) is 0 Å². The molecule has 1 N–H and O–H groups in total. The van der Waals surface area contributed by atoms with E-state index in [1.807, 2.05) is 12.1 Å². The summed E-state index contributed by atoms with van der Waals surface area (Å²) in [4.78, 5) is 20.4. The summed E-state index contributed by atoms with van der Waals surface area (Å²) in [7, 11) is 0. The van der Waals surface area contributed by atoms with E-state index >= 15 is 0 Å². The Bertz CT molecular complexity index is 669. The Kier molecular flexibility index (Phi) is 5.05. The van der Waals surface area contributed by atoms with Gasteiger partial charge in [0.15, 0.2) is 0 Å². The molecule has 0 unspecified atom stereocenters. The van der Waals surface area contributed by atoms with Crippen LogP contribution in [-0.2, 0) is 4.74 Å². The molecule has 0 spiro atoms. The number of amides is 1. The van der Waals surface area contributed by atoms with Crippen LogP contribution < -0.4 is 10.1 Å². The third-order valence-electron chi connectivity index (χ3n) is 3.54. The van der Waals surface area contributed by atoms with E-state index in [2.05, 4.69) is 15.3 Å². The van der Waals surface area contributed by atoms with Crippen molar-refractivity contribution in [3.63, 3.8) is 0 Å². The number of aromatic nitrogens is 2. The standard InChI is InChI=1S/C16H16ClN3O3/c17-12-9-18-7-4-11(12)16(21)20-13-10-22-8-5-14(13)23-15-3-1-2-6-19-15/h1-4,6-7,9,13-14H,5,8,10H2,(H,20,21)/t13-,14-/m1/s1. The summed E-state index contributed by atoms with van der Waals surface area (Å²) >= 11 is 6.01. The Morgan fingerprint density at radius 3 is 3.04 bits per heavy atom. The fraction of sp³-hybridized carbons (Fsp3) is 0.312. The molecule has 1 fully saturated rings. The lowest BCUT2D eigenvalue weighted by molar-refractivity contribution is -0.00448. The van der Waals surface area contributed by atoms with Crippen molar-refractivity contribution in [1.29, 1.82) is 0 Å². The van der Waals surface area contributed by atoms with E-state index in [9.17, 15) is 4.79 Å². The lowest BCUT2D eigenvalue weighted by atomic mass is 10.1. The van der Waals surface area contributed by atoms with Crippen molar-refractivity contribution in [3.05, 3.63) is 53.4 Å². The Morgan fingerprint density at radius 2 is 2.26 bits per heavy atom. The Labute approximate surface area is 138 Å². The molecule has 3 heterocycles. The highest BCUT2D eigenvalue weighted by molar-refractivity contribution is 6.33. The van der Waals surface area contributed by atoms with E-state index in [0.29, 0.717) is 36.1 Å². The maximum absolute atomic E-state index is 12.4. The predicted octanol–water partition coefficient (Wildman–Crippen LogP) is 2.10. The second-order valence-electron chi connectivity index (χ2n) is 5.12. The van der Waals surface area contributed by atoms with Gasteiger partial charge in [0.05, 0.1) is 29.8 Å². The highest BCUT2D eigenvalue weighted by Crippen LogP contribution is 2.18. The van der Waals surface area contributed by atoms with Gasteiger partial charge in [-0.05, 0) is 12.1 Å². The molecule has 0 aromatic carbocycles. The van der Waals surface area contributed by atoms with Crippen molar-refractivity contribution in [2.24, 2.45) is 0 Å². The first-order valence-electron chi connectivity index (χ1n) is 7.30. The highest BCUT2D eigenvalue weighted by Gasteiger charge is 2.30. The molecule has 120 valence electrons. The molecule has 1 saturated heterocycles. The van der Waals surface area contributed by atoms with Crippen LogP contribution >= 0.6 is 11.6 Å². The normalized spacial score (nSPS) is 20.7. The van der Waals surface area contributed by atoms with Gasteiger partial charge in [0, 0.05) is 31.1 Å². The molecule has 1 aliphatic heterocycles. The largest absolute Gasteiger partial charge is 0.472 e. The van der Waals surface area contributed by atoms with E-state index in [4.69, 9.17) is 21.1 Å². The van der Waals surface area contributed by atoms with Gasteiger partial charge in [-0.15, -0.1) is 0 Å². The Balaban J connectivity index is 1.69. The fourth-order valence-electron chi connectivity index (χ4n) is 2.37. The first kappa shape index (κ1) is 15.7. The van der Waals surface area contributed by atoms with Crippen LogP contribution in [0.1, 0.15) is 16.8 Å². The second kappa shape index (κ2) is 7.39. The number of hydrogen-bond donors (Lipinski definition) is 1. The van der Waals surface area contributed by atoms with Crippen LogP contribution in [0, 0.1) is 0 Å². The third kappa shape index (κ3) is 3.97. The number of carbonyl (C=O) groups excluding carboxylic acids is 1. The van der Waals surface area contributed by atoms with E-state index in [-0.39, 0.29) is 18.1 Å². The monoisotopic (exact) mass is 333 g/mol. The zero-order chi connectivity index (χ0) is 16.1. The molecule has 0 bridgehead atoms. The van der Waals surface area contributed by atoms with Gasteiger partial charge in [-0.3, -0.25) is 9.78 Å². The molecule has 2 atom stereocenters. The lowest BCUT2D eigenvalue weighted by Gasteiger charge is -2.32. The van der Waals surface area contributed by atoms with Gasteiger partial charge in [0.2, 0.25) is 5.88 Å². The van der Waals surface area contributed by atoms with Gasteiger partial charge >= 0.3 is 0 Å². The van der Waals surface area contributed by atoms with Crippen LogP contribution in [0.25, 0.3) is 0 Å². The average molecular weight is 334 g/mol. The predicted molar refractivity (Wildman–Crippen MR) is 84.6 cm³/mol. The first-order valence-corrected chi connectivity index (χ1v) is 7.67. The first-order chi connectivity index (χ1) is 11.2. The van der Waals surface area contributed by atoms with Crippen LogP contribution in [0.5, 0.6) is 5.88 Å². The molecule has 1 amide bonds. The van der Waals surface area contributed by atoms with E-state index in [1.165, 1.54) is 12.4 Å². The van der Waals surface area contributed by atoms with Crippen LogP contribution in [0.4, 0.5) is 0 Å². The summed E-state index contributed by atoms with van der Waals surface area (Å²) in [5, 5.41) is 3.23. The van der Waals surface area contributed by atoms with Crippen LogP contribution in [0.3, 0.4) is 0 Å². The van der Waals surface area contributed by atoms with Gasteiger partial charge in [-0.1, -0.05) is 17.7 Å². The number of hydrogen-bond acceptors (Lipinski definition) is 5. The fourth-order valence-corrected chi connectivity index (χ4v) is 2.58. The molecule has 0 radical (unpaired) electrons. The van der Waals surface area contributed by atoms with Gasteiger partial charge < -0.3 is 14.8 Å². The van der Waals surface area contributed by atoms with E-state index < -0.39 is 0 Å². The zero-order valence-electron chi connectivity index (χ0n) is 12.3. The molecule has 23 heavy (non-hydrogen) atoms. The van der Waals surface area contributed by atoms with Crippen molar-refractivity contribution < 1.29 is 14.3 Å². The van der Waals surface area contributed by atoms with E-state index in [1.54, 1.807) is 18.3 Å². The van der Waals surface area contributed by atoms with Crippen LogP contribution in [0.15, 0.2) is 42.9 Å². The molecule has 3 rings (SSSR count). The quantitative estimate of drug-likeness (QED) is 0.927. The number of nitrogens with one attached hydrogen (secondary N) is 1. The average Bonchev–Trinajstić information content (AvgIpc) is 2.58. The second-order valence-corrected chi connectivity index (χ2v) is 5.53. The highest BCUT2D eigenvalue weighted by atomic mass is 35.5. The number of halogens is 1. The molecule has 6 nitrogen and oxygen atoms in total. The number of carbonyl (C=O) groups is 1.